The smallest absolute Gasteiger partial charge is 0.238 e. The standard InChI is InChI=1S/C22H30N2O2/c1-15(19-5-3-2-4-6-19)7-20(25)23-24-21(26)14-22-11-16-8-17(12-22)10-18(9-16)13-22/h2-6,15-18H,7-14H2,1H3,(H,23,25)(H,24,26)/t15-,16?,17?,18?,22?/m0/s1. The second-order valence-electron chi connectivity index (χ2n) is 9.21. The zero-order valence-electron chi connectivity index (χ0n) is 15.7. The number of carbonyl (C=O) groups is 2. The summed E-state index contributed by atoms with van der Waals surface area (Å²) in [6.45, 7) is 2.03. The Balaban J connectivity index is 1.25. The molecule has 0 unspecified atom stereocenters. The van der Waals surface area contributed by atoms with Crippen LogP contribution in [-0.4, -0.2) is 11.8 Å². The van der Waals surface area contributed by atoms with E-state index in [4.69, 9.17) is 0 Å². The highest BCUT2D eigenvalue weighted by molar-refractivity contribution is 5.82. The van der Waals surface area contributed by atoms with Gasteiger partial charge in [0.25, 0.3) is 0 Å². The summed E-state index contributed by atoms with van der Waals surface area (Å²) in [5, 5.41) is 0. The largest absolute Gasteiger partial charge is 0.273 e. The summed E-state index contributed by atoms with van der Waals surface area (Å²) in [5.74, 6) is 2.52. The molecule has 4 nitrogen and oxygen atoms in total. The van der Waals surface area contributed by atoms with Crippen LogP contribution in [0, 0.1) is 23.2 Å². The summed E-state index contributed by atoms with van der Waals surface area (Å²) in [7, 11) is 0. The van der Waals surface area contributed by atoms with Crippen LogP contribution in [0.5, 0.6) is 0 Å². The number of hydrogen-bond acceptors (Lipinski definition) is 2. The van der Waals surface area contributed by atoms with Crippen molar-refractivity contribution in [3.8, 4) is 0 Å². The number of rotatable bonds is 5. The molecule has 26 heavy (non-hydrogen) atoms. The summed E-state index contributed by atoms with van der Waals surface area (Å²) < 4.78 is 0. The molecule has 0 aromatic heterocycles. The van der Waals surface area contributed by atoms with Crippen LogP contribution in [0.25, 0.3) is 0 Å². The maximum absolute atomic E-state index is 12.5. The lowest BCUT2D eigenvalue weighted by atomic mass is 9.49. The first-order valence-electron chi connectivity index (χ1n) is 10.1. The van der Waals surface area contributed by atoms with Gasteiger partial charge in [-0.15, -0.1) is 0 Å². The topological polar surface area (TPSA) is 58.2 Å². The lowest BCUT2D eigenvalue weighted by Gasteiger charge is -2.56. The van der Waals surface area contributed by atoms with Gasteiger partial charge in [-0.25, -0.2) is 0 Å². The van der Waals surface area contributed by atoms with Crippen LogP contribution >= 0.6 is 0 Å². The highest BCUT2D eigenvalue weighted by Crippen LogP contribution is 2.61. The SMILES string of the molecule is C[C@@H](CC(=O)NNC(=O)CC12CC3CC(CC(C3)C1)C2)c1ccccc1. The van der Waals surface area contributed by atoms with Crippen LogP contribution in [-0.2, 0) is 9.59 Å². The molecule has 5 rings (SSSR count). The Hall–Kier alpha value is -1.84. The number of carbonyl (C=O) groups excluding carboxylic acids is 2. The van der Waals surface area contributed by atoms with Gasteiger partial charge in [0, 0.05) is 12.8 Å². The molecule has 0 spiro atoms. The van der Waals surface area contributed by atoms with Crippen molar-refractivity contribution < 1.29 is 9.59 Å². The van der Waals surface area contributed by atoms with Crippen LogP contribution in [0.1, 0.15) is 69.8 Å². The molecule has 1 atom stereocenters. The first kappa shape index (κ1) is 17.6. The molecule has 4 aliphatic rings. The first-order chi connectivity index (χ1) is 12.5. The fourth-order valence-electron chi connectivity index (χ4n) is 6.26. The Morgan fingerprint density at radius 1 is 0.962 bits per heavy atom. The van der Waals surface area contributed by atoms with Crippen molar-refractivity contribution in [2.75, 3.05) is 0 Å². The van der Waals surface area contributed by atoms with Crippen LogP contribution in [0.2, 0.25) is 0 Å². The van der Waals surface area contributed by atoms with E-state index in [0.717, 1.165) is 23.3 Å². The molecule has 2 amide bonds. The molecule has 140 valence electrons. The van der Waals surface area contributed by atoms with Crippen LogP contribution in [0.15, 0.2) is 30.3 Å². The van der Waals surface area contributed by atoms with E-state index in [1.54, 1.807) is 0 Å². The molecular weight excluding hydrogens is 324 g/mol. The van der Waals surface area contributed by atoms with E-state index >= 15 is 0 Å². The Labute approximate surface area is 156 Å². The normalized spacial score (nSPS) is 32.9. The third-order valence-electron chi connectivity index (χ3n) is 6.90. The quantitative estimate of drug-likeness (QED) is 0.787. The van der Waals surface area contributed by atoms with Crippen molar-refractivity contribution in [2.24, 2.45) is 23.2 Å². The van der Waals surface area contributed by atoms with E-state index in [9.17, 15) is 9.59 Å². The Kier molecular flexibility index (Phi) is 4.76. The third-order valence-corrected chi connectivity index (χ3v) is 6.90. The summed E-state index contributed by atoms with van der Waals surface area (Å²) in [6.07, 6.45) is 8.74. The maximum atomic E-state index is 12.5. The van der Waals surface area contributed by atoms with Crippen molar-refractivity contribution in [1.29, 1.82) is 0 Å². The molecule has 0 aliphatic heterocycles. The molecule has 0 heterocycles. The Morgan fingerprint density at radius 3 is 2.08 bits per heavy atom. The van der Waals surface area contributed by atoms with Gasteiger partial charge in [-0.1, -0.05) is 37.3 Å². The van der Waals surface area contributed by atoms with Crippen molar-refractivity contribution >= 4 is 11.8 Å². The van der Waals surface area contributed by atoms with Crippen molar-refractivity contribution in [2.45, 2.75) is 64.2 Å². The first-order valence-corrected chi connectivity index (χ1v) is 10.1. The van der Waals surface area contributed by atoms with Gasteiger partial charge >= 0.3 is 0 Å². The zero-order valence-corrected chi connectivity index (χ0v) is 15.7. The van der Waals surface area contributed by atoms with E-state index in [1.165, 1.54) is 38.5 Å². The van der Waals surface area contributed by atoms with Gasteiger partial charge < -0.3 is 0 Å². The number of nitrogens with one attached hydrogen (secondary N) is 2. The molecule has 0 saturated heterocycles. The Bertz CT molecular complexity index is 635. The predicted molar refractivity (Wildman–Crippen MR) is 101 cm³/mol. The van der Waals surface area contributed by atoms with Gasteiger partial charge in [-0.2, -0.15) is 0 Å². The lowest BCUT2D eigenvalue weighted by Crippen LogP contribution is -2.50. The van der Waals surface area contributed by atoms with Crippen LogP contribution in [0.4, 0.5) is 0 Å². The lowest BCUT2D eigenvalue weighted by molar-refractivity contribution is -0.134. The molecule has 4 saturated carbocycles. The van der Waals surface area contributed by atoms with E-state index in [2.05, 4.69) is 10.9 Å². The zero-order chi connectivity index (χ0) is 18.1. The summed E-state index contributed by atoms with van der Waals surface area (Å²) in [4.78, 5) is 24.6. The van der Waals surface area contributed by atoms with Gasteiger partial charge in [-0.3, -0.25) is 20.4 Å². The molecule has 4 fully saturated rings. The molecule has 0 radical (unpaired) electrons. The Morgan fingerprint density at radius 2 is 1.50 bits per heavy atom. The van der Waals surface area contributed by atoms with Crippen molar-refractivity contribution in [3.05, 3.63) is 35.9 Å². The molecule has 4 aliphatic carbocycles. The van der Waals surface area contributed by atoms with Gasteiger partial charge in [0.15, 0.2) is 0 Å². The minimum Gasteiger partial charge on any atom is -0.273 e. The van der Waals surface area contributed by atoms with Gasteiger partial charge in [0.05, 0.1) is 0 Å². The van der Waals surface area contributed by atoms with Crippen molar-refractivity contribution in [1.82, 2.24) is 10.9 Å². The second-order valence-corrected chi connectivity index (χ2v) is 9.21. The summed E-state index contributed by atoms with van der Waals surface area (Å²) in [6, 6.07) is 10.0. The molecule has 2 N–H and O–H groups in total. The van der Waals surface area contributed by atoms with Crippen LogP contribution < -0.4 is 10.9 Å². The summed E-state index contributed by atoms with van der Waals surface area (Å²) in [5.41, 5.74) is 6.65. The maximum Gasteiger partial charge on any atom is 0.238 e. The highest BCUT2D eigenvalue weighted by atomic mass is 16.2. The fourth-order valence-corrected chi connectivity index (χ4v) is 6.26. The number of benzene rings is 1. The summed E-state index contributed by atoms with van der Waals surface area (Å²) >= 11 is 0. The average Bonchev–Trinajstić information content (AvgIpc) is 2.59. The third kappa shape index (κ3) is 3.79. The highest BCUT2D eigenvalue weighted by Gasteiger charge is 2.51. The van der Waals surface area contributed by atoms with E-state index < -0.39 is 0 Å². The molecule has 4 heteroatoms. The predicted octanol–water partition coefficient (Wildman–Crippen LogP) is 3.93. The fraction of sp³-hybridized carbons (Fsp3) is 0.636. The average molecular weight is 354 g/mol. The van der Waals surface area contributed by atoms with E-state index in [1.807, 2.05) is 37.3 Å². The van der Waals surface area contributed by atoms with Gasteiger partial charge in [0.2, 0.25) is 11.8 Å². The molecular formula is C22H30N2O2. The van der Waals surface area contributed by atoms with Crippen LogP contribution in [0.3, 0.4) is 0 Å². The number of amides is 2. The van der Waals surface area contributed by atoms with E-state index in [-0.39, 0.29) is 23.1 Å². The van der Waals surface area contributed by atoms with Gasteiger partial charge in [-0.05, 0) is 73.2 Å². The number of hydrogen-bond donors (Lipinski definition) is 2. The number of hydrazine groups is 1. The van der Waals surface area contributed by atoms with E-state index in [0.29, 0.717) is 12.8 Å². The van der Waals surface area contributed by atoms with Gasteiger partial charge in [0.1, 0.15) is 0 Å². The minimum atomic E-state index is -0.125. The van der Waals surface area contributed by atoms with Crippen molar-refractivity contribution in [3.63, 3.8) is 0 Å². The molecule has 4 bridgehead atoms. The monoisotopic (exact) mass is 354 g/mol. The molecule has 1 aromatic rings. The molecule has 1 aromatic carbocycles. The minimum absolute atomic E-state index is 0.0207. The second kappa shape index (κ2) is 7.05.